The summed E-state index contributed by atoms with van der Waals surface area (Å²) in [6.45, 7) is 7.63. The van der Waals surface area contributed by atoms with Crippen LogP contribution in [-0.2, 0) is 9.59 Å². The van der Waals surface area contributed by atoms with Gasteiger partial charge in [-0.05, 0) is 48.9 Å². The van der Waals surface area contributed by atoms with Crippen molar-refractivity contribution in [2.75, 3.05) is 0 Å². The fourth-order valence-electron chi connectivity index (χ4n) is 2.51. The minimum atomic E-state index is -1.08. The average Bonchev–Trinajstić information content (AvgIpc) is 2.53. The molecule has 7 heteroatoms. The highest BCUT2D eigenvalue weighted by Crippen LogP contribution is 2.12. The highest BCUT2D eigenvalue weighted by molar-refractivity contribution is 6.30. The molecule has 2 amide bonds. The Balaban J connectivity index is 2.87. The highest BCUT2D eigenvalue weighted by Gasteiger charge is 2.27. The lowest BCUT2D eigenvalue weighted by molar-refractivity contribution is -0.142. The molecule has 144 valence electrons. The predicted octanol–water partition coefficient (Wildman–Crippen LogP) is 3.10. The molecule has 6 nitrogen and oxygen atoms in total. The zero-order valence-corrected chi connectivity index (χ0v) is 16.3. The van der Waals surface area contributed by atoms with Crippen LogP contribution in [0.25, 0.3) is 0 Å². The minimum absolute atomic E-state index is 0.114. The number of carboxylic acids is 1. The molecule has 0 spiro atoms. The van der Waals surface area contributed by atoms with Crippen molar-refractivity contribution in [3.05, 3.63) is 34.9 Å². The Morgan fingerprint density at radius 2 is 1.42 bits per heavy atom. The first-order valence-corrected chi connectivity index (χ1v) is 9.07. The Labute approximate surface area is 159 Å². The van der Waals surface area contributed by atoms with Crippen molar-refractivity contribution in [2.24, 2.45) is 11.8 Å². The molecule has 26 heavy (non-hydrogen) atoms. The molecule has 3 N–H and O–H groups in total. The third-order valence-electron chi connectivity index (χ3n) is 3.76. The zero-order valence-electron chi connectivity index (χ0n) is 15.6. The first kappa shape index (κ1) is 22.0. The largest absolute Gasteiger partial charge is 0.480 e. The summed E-state index contributed by atoms with van der Waals surface area (Å²) in [4.78, 5) is 36.4. The van der Waals surface area contributed by atoms with Crippen LogP contribution in [0.5, 0.6) is 0 Å². The van der Waals surface area contributed by atoms with Gasteiger partial charge in [0.1, 0.15) is 12.1 Å². The number of aliphatic carboxylic acids is 1. The van der Waals surface area contributed by atoms with Gasteiger partial charge in [-0.15, -0.1) is 0 Å². The van der Waals surface area contributed by atoms with Crippen molar-refractivity contribution in [2.45, 2.75) is 52.6 Å². The molecule has 2 atom stereocenters. The van der Waals surface area contributed by atoms with Crippen LogP contribution in [-0.4, -0.2) is 35.0 Å². The SMILES string of the molecule is CC(C)C[C@@H](NC(=O)[C@@H](CC(C)C)NC(=O)c1ccc(Cl)cc1)C(=O)O. The monoisotopic (exact) mass is 382 g/mol. The Morgan fingerprint density at radius 1 is 0.923 bits per heavy atom. The van der Waals surface area contributed by atoms with Gasteiger partial charge in [0.15, 0.2) is 0 Å². The van der Waals surface area contributed by atoms with Crippen molar-refractivity contribution >= 4 is 29.4 Å². The zero-order chi connectivity index (χ0) is 19.9. The fraction of sp³-hybridized carbons (Fsp3) is 0.526. The predicted molar refractivity (Wildman–Crippen MR) is 101 cm³/mol. The molecule has 0 aliphatic heterocycles. The number of hydrogen-bond donors (Lipinski definition) is 3. The van der Waals surface area contributed by atoms with Gasteiger partial charge >= 0.3 is 5.97 Å². The molecule has 1 aromatic carbocycles. The van der Waals surface area contributed by atoms with Gasteiger partial charge in [-0.2, -0.15) is 0 Å². The van der Waals surface area contributed by atoms with E-state index in [0.29, 0.717) is 23.4 Å². The number of amides is 2. The van der Waals surface area contributed by atoms with Crippen LogP contribution in [0.1, 0.15) is 50.9 Å². The molecule has 0 fully saturated rings. The molecular formula is C19H27ClN2O4. The Hall–Kier alpha value is -2.08. The molecule has 0 aliphatic rings. The summed E-state index contributed by atoms with van der Waals surface area (Å²) in [6.07, 6.45) is 0.722. The molecule has 1 rings (SSSR count). The maximum absolute atomic E-state index is 12.6. The van der Waals surface area contributed by atoms with Crippen molar-refractivity contribution in [1.29, 1.82) is 0 Å². The third kappa shape index (κ3) is 7.44. The van der Waals surface area contributed by atoms with E-state index in [4.69, 9.17) is 11.6 Å². The third-order valence-corrected chi connectivity index (χ3v) is 4.01. The Bertz CT molecular complexity index is 629. The summed E-state index contributed by atoms with van der Waals surface area (Å²) >= 11 is 5.82. The second-order valence-corrected chi connectivity index (χ2v) is 7.63. The number of carboxylic acid groups (broad SMARTS) is 1. The van der Waals surface area contributed by atoms with E-state index in [2.05, 4.69) is 10.6 Å². The maximum atomic E-state index is 12.6. The van der Waals surface area contributed by atoms with E-state index < -0.39 is 29.9 Å². The minimum Gasteiger partial charge on any atom is -0.480 e. The van der Waals surface area contributed by atoms with Crippen LogP contribution >= 0.6 is 11.6 Å². The molecule has 0 aliphatic carbocycles. The quantitative estimate of drug-likeness (QED) is 0.611. The lowest BCUT2D eigenvalue weighted by Crippen LogP contribution is -2.52. The fourth-order valence-corrected chi connectivity index (χ4v) is 2.64. The normalized spacial score (nSPS) is 13.3. The first-order chi connectivity index (χ1) is 12.1. The number of carbonyl (C=O) groups is 3. The highest BCUT2D eigenvalue weighted by atomic mass is 35.5. The molecule has 0 saturated carbocycles. The number of nitrogens with one attached hydrogen (secondary N) is 2. The number of rotatable bonds is 9. The van der Waals surface area contributed by atoms with Crippen LogP contribution in [0.4, 0.5) is 0 Å². The summed E-state index contributed by atoms with van der Waals surface area (Å²) in [5.74, 6) is -1.72. The molecular weight excluding hydrogens is 356 g/mol. The molecule has 0 aromatic heterocycles. The van der Waals surface area contributed by atoms with Gasteiger partial charge < -0.3 is 15.7 Å². The number of hydrogen-bond acceptors (Lipinski definition) is 3. The van der Waals surface area contributed by atoms with Gasteiger partial charge in [0.2, 0.25) is 5.91 Å². The smallest absolute Gasteiger partial charge is 0.326 e. The Kier molecular flexibility index (Phi) is 8.58. The van der Waals surface area contributed by atoms with Gasteiger partial charge in [-0.25, -0.2) is 4.79 Å². The second kappa shape index (κ2) is 10.2. The summed E-state index contributed by atoms with van der Waals surface area (Å²) in [6, 6.07) is 4.53. The maximum Gasteiger partial charge on any atom is 0.326 e. The van der Waals surface area contributed by atoms with Crippen molar-refractivity contribution in [1.82, 2.24) is 10.6 Å². The van der Waals surface area contributed by atoms with Crippen LogP contribution in [0.3, 0.4) is 0 Å². The van der Waals surface area contributed by atoms with Gasteiger partial charge in [0.05, 0.1) is 0 Å². The number of benzene rings is 1. The van der Waals surface area contributed by atoms with Gasteiger partial charge in [0, 0.05) is 10.6 Å². The topological polar surface area (TPSA) is 95.5 Å². The molecule has 0 bridgehead atoms. The van der Waals surface area contributed by atoms with Gasteiger partial charge in [-0.3, -0.25) is 9.59 Å². The van der Waals surface area contributed by atoms with E-state index in [1.807, 2.05) is 27.7 Å². The summed E-state index contributed by atoms with van der Waals surface area (Å²) < 4.78 is 0. The van der Waals surface area contributed by atoms with Crippen LogP contribution < -0.4 is 10.6 Å². The number of halogens is 1. The molecule has 0 saturated heterocycles. The average molecular weight is 383 g/mol. The Morgan fingerprint density at radius 3 is 1.88 bits per heavy atom. The van der Waals surface area contributed by atoms with Crippen molar-refractivity contribution in [3.63, 3.8) is 0 Å². The molecule has 0 heterocycles. The summed E-state index contributed by atoms with van der Waals surface area (Å²) in [5.41, 5.74) is 0.382. The standard InChI is InChI=1S/C19H27ClN2O4/c1-11(2)9-15(18(24)22-16(19(25)26)10-12(3)4)21-17(23)13-5-7-14(20)8-6-13/h5-8,11-12,15-16H,9-10H2,1-4H3,(H,21,23)(H,22,24)(H,25,26)/t15-,16-/m1/s1. The van der Waals surface area contributed by atoms with E-state index in [-0.39, 0.29) is 11.8 Å². The van der Waals surface area contributed by atoms with Gasteiger partial charge in [-0.1, -0.05) is 39.3 Å². The molecule has 0 unspecified atom stereocenters. The second-order valence-electron chi connectivity index (χ2n) is 7.19. The van der Waals surface area contributed by atoms with Crippen LogP contribution in [0, 0.1) is 11.8 Å². The van der Waals surface area contributed by atoms with E-state index in [0.717, 1.165) is 0 Å². The summed E-state index contributed by atoms with van der Waals surface area (Å²) in [5, 5.41) is 15.1. The van der Waals surface area contributed by atoms with Crippen LogP contribution in [0.2, 0.25) is 5.02 Å². The van der Waals surface area contributed by atoms with Crippen molar-refractivity contribution < 1.29 is 19.5 Å². The van der Waals surface area contributed by atoms with E-state index in [1.54, 1.807) is 24.3 Å². The van der Waals surface area contributed by atoms with Gasteiger partial charge in [0.25, 0.3) is 5.91 Å². The van der Waals surface area contributed by atoms with E-state index >= 15 is 0 Å². The lowest BCUT2D eigenvalue weighted by Gasteiger charge is -2.23. The number of carbonyl (C=O) groups excluding carboxylic acids is 2. The van der Waals surface area contributed by atoms with Crippen LogP contribution in [0.15, 0.2) is 24.3 Å². The molecule has 0 radical (unpaired) electrons. The molecule has 1 aromatic rings. The van der Waals surface area contributed by atoms with E-state index in [1.165, 1.54) is 0 Å². The first-order valence-electron chi connectivity index (χ1n) is 8.69. The van der Waals surface area contributed by atoms with Crippen molar-refractivity contribution in [3.8, 4) is 0 Å². The van der Waals surface area contributed by atoms with E-state index in [9.17, 15) is 19.5 Å². The summed E-state index contributed by atoms with van der Waals surface area (Å²) in [7, 11) is 0. The lowest BCUT2D eigenvalue weighted by atomic mass is 10.00.